The van der Waals surface area contributed by atoms with Crippen molar-refractivity contribution in [1.82, 2.24) is 15.0 Å². The number of hydrogen-bond donors (Lipinski definition) is 2. The lowest BCUT2D eigenvalue weighted by atomic mass is 10.1. The molecule has 0 aliphatic rings. The second-order valence-corrected chi connectivity index (χ2v) is 5.62. The zero-order valence-electron chi connectivity index (χ0n) is 13.6. The van der Waals surface area contributed by atoms with Crippen LogP contribution in [0.25, 0.3) is 17.0 Å². The molecule has 0 spiro atoms. The molecule has 0 aliphatic heterocycles. The summed E-state index contributed by atoms with van der Waals surface area (Å²) in [6.45, 7) is 2.26. The number of aryl methyl sites for hydroxylation is 1. The molecule has 0 unspecified atom stereocenters. The van der Waals surface area contributed by atoms with E-state index >= 15 is 0 Å². The number of carbonyl (C=O) groups excluding carboxylic acids is 1. The summed E-state index contributed by atoms with van der Waals surface area (Å²) in [6, 6.07) is 14.9. The van der Waals surface area contributed by atoms with Crippen LogP contribution in [0.5, 0.6) is 0 Å². The summed E-state index contributed by atoms with van der Waals surface area (Å²) in [7, 11) is 0. The van der Waals surface area contributed by atoms with Crippen LogP contribution >= 0.6 is 0 Å². The molecule has 25 heavy (non-hydrogen) atoms. The number of fused-ring (bicyclic) bond motifs is 1. The monoisotopic (exact) mass is 335 g/mol. The summed E-state index contributed by atoms with van der Waals surface area (Å²) >= 11 is 0. The van der Waals surface area contributed by atoms with E-state index in [1.54, 1.807) is 29.7 Å². The number of nitrogens with zero attached hydrogens (tertiary/aromatic N) is 2. The Morgan fingerprint density at radius 1 is 1.24 bits per heavy atom. The van der Waals surface area contributed by atoms with Crippen molar-refractivity contribution in [2.45, 2.75) is 13.5 Å². The van der Waals surface area contributed by atoms with Crippen LogP contribution in [0.4, 0.5) is 0 Å². The largest absolute Gasteiger partial charge is 0.292 e. The standard InChI is InChI=1S/C19H17N3O3/c1-13-20-17-11-14(8-10-18(23)21-25)7-9-16(17)19(24)22(13)12-15-5-3-2-4-6-15/h2-11,25H,12H2,1H3,(H,21,23)/b10-8+. The van der Waals surface area contributed by atoms with Gasteiger partial charge in [0.25, 0.3) is 11.5 Å². The maximum Gasteiger partial charge on any atom is 0.267 e. The van der Waals surface area contributed by atoms with Gasteiger partial charge in [-0.2, -0.15) is 0 Å². The van der Waals surface area contributed by atoms with Crippen LogP contribution in [-0.2, 0) is 11.3 Å². The summed E-state index contributed by atoms with van der Waals surface area (Å²) < 4.78 is 1.65. The normalized spacial score (nSPS) is 11.1. The molecule has 1 aromatic heterocycles. The summed E-state index contributed by atoms with van der Waals surface area (Å²) in [5.74, 6) is -0.00176. The average Bonchev–Trinajstić information content (AvgIpc) is 2.63. The van der Waals surface area contributed by atoms with E-state index in [2.05, 4.69) is 4.98 Å². The molecule has 3 aromatic rings. The van der Waals surface area contributed by atoms with Crippen molar-refractivity contribution in [1.29, 1.82) is 0 Å². The van der Waals surface area contributed by atoms with Crippen molar-refractivity contribution < 1.29 is 10.0 Å². The minimum absolute atomic E-state index is 0.102. The van der Waals surface area contributed by atoms with Gasteiger partial charge >= 0.3 is 0 Å². The number of hydrogen-bond acceptors (Lipinski definition) is 4. The number of rotatable bonds is 4. The Morgan fingerprint density at radius 2 is 2.00 bits per heavy atom. The van der Waals surface area contributed by atoms with Gasteiger partial charge in [-0.05, 0) is 36.3 Å². The molecule has 6 nitrogen and oxygen atoms in total. The van der Waals surface area contributed by atoms with E-state index in [1.165, 1.54) is 17.6 Å². The SMILES string of the molecule is Cc1nc2cc(/C=C/C(=O)NO)ccc2c(=O)n1Cc1ccccc1. The van der Waals surface area contributed by atoms with Crippen LogP contribution in [0.15, 0.2) is 59.4 Å². The minimum atomic E-state index is -0.623. The molecule has 2 N–H and O–H groups in total. The molecular weight excluding hydrogens is 318 g/mol. The first kappa shape index (κ1) is 16.6. The first-order chi connectivity index (χ1) is 12.1. The summed E-state index contributed by atoms with van der Waals surface area (Å²) in [4.78, 5) is 28.4. The fourth-order valence-corrected chi connectivity index (χ4v) is 2.61. The van der Waals surface area contributed by atoms with E-state index < -0.39 is 5.91 Å². The van der Waals surface area contributed by atoms with Gasteiger partial charge in [0.15, 0.2) is 0 Å². The third-order valence-corrected chi connectivity index (χ3v) is 3.89. The fourth-order valence-electron chi connectivity index (χ4n) is 2.61. The highest BCUT2D eigenvalue weighted by atomic mass is 16.5. The topological polar surface area (TPSA) is 84.2 Å². The Labute approximate surface area is 144 Å². The van der Waals surface area contributed by atoms with Gasteiger partial charge in [-0.1, -0.05) is 36.4 Å². The van der Waals surface area contributed by atoms with Gasteiger partial charge in [0, 0.05) is 6.08 Å². The first-order valence-corrected chi connectivity index (χ1v) is 7.76. The highest BCUT2D eigenvalue weighted by Gasteiger charge is 2.09. The number of nitrogens with one attached hydrogen (secondary N) is 1. The maximum atomic E-state index is 12.8. The van der Waals surface area contributed by atoms with E-state index in [4.69, 9.17) is 5.21 Å². The van der Waals surface area contributed by atoms with E-state index in [1.807, 2.05) is 30.3 Å². The Morgan fingerprint density at radius 3 is 2.72 bits per heavy atom. The third-order valence-electron chi connectivity index (χ3n) is 3.89. The molecule has 6 heteroatoms. The van der Waals surface area contributed by atoms with Gasteiger partial charge in [0.2, 0.25) is 0 Å². The molecular formula is C19H17N3O3. The van der Waals surface area contributed by atoms with Gasteiger partial charge in [-0.15, -0.1) is 0 Å². The number of carbonyl (C=O) groups is 1. The predicted molar refractivity (Wildman–Crippen MR) is 95.2 cm³/mol. The molecule has 2 aromatic carbocycles. The smallest absolute Gasteiger partial charge is 0.267 e. The van der Waals surface area contributed by atoms with E-state index in [0.29, 0.717) is 28.8 Å². The van der Waals surface area contributed by atoms with Gasteiger partial charge in [-0.25, -0.2) is 10.5 Å². The van der Waals surface area contributed by atoms with Crippen molar-refractivity contribution in [2.75, 3.05) is 0 Å². The lowest BCUT2D eigenvalue weighted by Crippen LogP contribution is -2.24. The Bertz CT molecular complexity index is 1010. The Hall–Kier alpha value is -3.25. The second kappa shape index (κ2) is 7.11. The molecule has 0 saturated heterocycles. The highest BCUT2D eigenvalue weighted by Crippen LogP contribution is 2.13. The van der Waals surface area contributed by atoms with Crippen molar-refractivity contribution in [2.24, 2.45) is 0 Å². The van der Waals surface area contributed by atoms with Gasteiger partial charge < -0.3 is 0 Å². The van der Waals surface area contributed by atoms with Gasteiger partial charge in [-0.3, -0.25) is 19.4 Å². The van der Waals surface area contributed by atoms with E-state index in [0.717, 1.165) is 5.56 Å². The fraction of sp³-hybridized carbons (Fsp3) is 0.105. The molecule has 1 heterocycles. The molecule has 126 valence electrons. The van der Waals surface area contributed by atoms with Gasteiger partial charge in [0.1, 0.15) is 5.82 Å². The van der Waals surface area contributed by atoms with Crippen molar-refractivity contribution >= 4 is 22.9 Å². The highest BCUT2D eigenvalue weighted by molar-refractivity contribution is 5.91. The average molecular weight is 335 g/mol. The van der Waals surface area contributed by atoms with Crippen LogP contribution in [-0.4, -0.2) is 20.7 Å². The minimum Gasteiger partial charge on any atom is -0.292 e. The molecule has 0 radical (unpaired) electrons. The quantitative estimate of drug-likeness (QED) is 0.435. The zero-order valence-corrected chi connectivity index (χ0v) is 13.6. The Balaban J connectivity index is 2.01. The first-order valence-electron chi connectivity index (χ1n) is 7.76. The van der Waals surface area contributed by atoms with Crippen LogP contribution < -0.4 is 11.0 Å². The van der Waals surface area contributed by atoms with E-state index in [9.17, 15) is 9.59 Å². The third kappa shape index (κ3) is 3.64. The summed E-state index contributed by atoms with van der Waals surface area (Å²) in [5.41, 5.74) is 3.73. The molecule has 0 aliphatic carbocycles. The molecule has 3 rings (SSSR count). The van der Waals surface area contributed by atoms with Crippen LogP contribution in [0.3, 0.4) is 0 Å². The van der Waals surface area contributed by atoms with Crippen LogP contribution in [0, 0.1) is 6.92 Å². The number of aromatic nitrogens is 2. The summed E-state index contributed by atoms with van der Waals surface area (Å²) in [6.07, 6.45) is 2.74. The predicted octanol–water partition coefficient (Wildman–Crippen LogP) is 2.27. The molecule has 0 atom stereocenters. The molecule has 0 saturated carbocycles. The number of hydroxylamine groups is 1. The number of amides is 1. The van der Waals surface area contributed by atoms with E-state index in [-0.39, 0.29) is 5.56 Å². The second-order valence-electron chi connectivity index (χ2n) is 5.62. The van der Waals surface area contributed by atoms with Crippen molar-refractivity contribution in [3.63, 3.8) is 0 Å². The van der Waals surface area contributed by atoms with Crippen LogP contribution in [0.1, 0.15) is 17.0 Å². The van der Waals surface area contributed by atoms with Gasteiger partial charge in [0.05, 0.1) is 17.4 Å². The molecule has 0 fully saturated rings. The summed E-state index contributed by atoms with van der Waals surface area (Å²) in [5, 5.41) is 9.02. The maximum absolute atomic E-state index is 12.8. The Kier molecular flexibility index (Phi) is 4.72. The molecule has 0 bridgehead atoms. The lowest BCUT2D eigenvalue weighted by Gasteiger charge is -2.11. The van der Waals surface area contributed by atoms with Crippen LogP contribution in [0.2, 0.25) is 0 Å². The zero-order chi connectivity index (χ0) is 17.8. The number of benzene rings is 2. The van der Waals surface area contributed by atoms with Crippen molar-refractivity contribution in [3.05, 3.63) is 81.9 Å². The molecule has 1 amide bonds. The van der Waals surface area contributed by atoms with Crippen molar-refractivity contribution in [3.8, 4) is 0 Å². The lowest BCUT2D eigenvalue weighted by molar-refractivity contribution is -0.124.